The van der Waals surface area contributed by atoms with Crippen molar-refractivity contribution in [1.29, 1.82) is 0 Å². The minimum atomic E-state index is -0.310. The lowest BCUT2D eigenvalue weighted by Crippen LogP contribution is -2.38. The second-order valence-corrected chi connectivity index (χ2v) is 10.2. The summed E-state index contributed by atoms with van der Waals surface area (Å²) in [5, 5.41) is 9.17. The maximum atomic E-state index is 13.2. The zero-order valence-corrected chi connectivity index (χ0v) is 20.2. The van der Waals surface area contributed by atoms with Gasteiger partial charge in [0.2, 0.25) is 0 Å². The molecule has 1 saturated carbocycles. The summed E-state index contributed by atoms with van der Waals surface area (Å²) in [6.07, 6.45) is 9.90. The van der Waals surface area contributed by atoms with Crippen LogP contribution >= 0.6 is 11.3 Å². The van der Waals surface area contributed by atoms with Crippen LogP contribution in [0.5, 0.6) is 0 Å². The number of fused-ring (bicyclic) bond motifs is 1. The maximum absolute atomic E-state index is 13.2. The Morgan fingerprint density at radius 1 is 1.23 bits per heavy atom. The Morgan fingerprint density at radius 2 is 2.00 bits per heavy atom. The maximum Gasteiger partial charge on any atom is 0.323 e. The summed E-state index contributed by atoms with van der Waals surface area (Å²) in [4.78, 5) is 38.6. The highest BCUT2D eigenvalue weighted by atomic mass is 32.1. The van der Waals surface area contributed by atoms with E-state index >= 15 is 0 Å². The van der Waals surface area contributed by atoms with E-state index in [0.29, 0.717) is 27.3 Å². The van der Waals surface area contributed by atoms with Crippen LogP contribution in [0, 0.1) is 0 Å². The number of aromatic nitrogens is 5. The van der Waals surface area contributed by atoms with E-state index in [9.17, 15) is 9.59 Å². The largest absolute Gasteiger partial charge is 0.367 e. The molecule has 178 valence electrons. The molecular weight excluding hydrogens is 462 g/mol. The summed E-state index contributed by atoms with van der Waals surface area (Å²) in [7, 11) is 0. The monoisotopic (exact) mass is 487 g/mol. The standard InChI is InChI=1S/C25H25N7O2S/c1-13-4-5-14(2)31(13)24(33)21-9-8-20(35-21)19-11-22(28-17-6-7-17)32-23(29-19)16(12-26-32)10-18-15(3)27-25(34)30-18/h4-5,8-14,17,28H,3,6-7H2,1-2H3,(H2,27,30,34)/b18-10-. The molecule has 5 heterocycles. The predicted molar refractivity (Wildman–Crippen MR) is 137 cm³/mol. The van der Waals surface area contributed by atoms with Crippen LogP contribution in [0.1, 0.15) is 41.9 Å². The zero-order valence-electron chi connectivity index (χ0n) is 19.4. The van der Waals surface area contributed by atoms with Crippen molar-refractivity contribution in [3.05, 3.63) is 68.2 Å². The predicted octanol–water partition coefficient (Wildman–Crippen LogP) is 2.08. The minimum Gasteiger partial charge on any atom is -0.367 e. The molecule has 4 aromatic rings. The van der Waals surface area contributed by atoms with E-state index in [1.54, 1.807) is 10.7 Å². The van der Waals surface area contributed by atoms with E-state index in [-0.39, 0.29) is 23.7 Å². The van der Waals surface area contributed by atoms with Crippen molar-refractivity contribution in [2.45, 2.75) is 44.8 Å². The Balaban J connectivity index is 1.43. The Kier molecular flexibility index (Phi) is 4.99. The van der Waals surface area contributed by atoms with Crippen molar-refractivity contribution in [3.8, 4) is 10.6 Å². The summed E-state index contributed by atoms with van der Waals surface area (Å²) < 4.78 is 1.78. The van der Waals surface area contributed by atoms with Crippen molar-refractivity contribution >= 4 is 41.4 Å². The van der Waals surface area contributed by atoms with Crippen molar-refractivity contribution in [3.63, 3.8) is 0 Å². The van der Waals surface area contributed by atoms with E-state index in [4.69, 9.17) is 4.98 Å². The fourth-order valence-electron chi connectivity index (χ4n) is 4.43. The lowest BCUT2D eigenvalue weighted by molar-refractivity contribution is 0.0714. The lowest BCUT2D eigenvalue weighted by atomic mass is 10.2. The van der Waals surface area contributed by atoms with Gasteiger partial charge in [-0.15, -0.1) is 11.3 Å². The molecule has 35 heavy (non-hydrogen) atoms. The number of imidazole rings is 1. The first-order valence-corrected chi connectivity index (χ1v) is 12.4. The van der Waals surface area contributed by atoms with E-state index in [1.165, 1.54) is 11.3 Å². The average Bonchev–Trinajstić information content (AvgIpc) is 3.15. The van der Waals surface area contributed by atoms with Gasteiger partial charge in [-0.1, -0.05) is 18.7 Å². The summed E-state index contributed by atoms with van der Waals surface area (Å²) >= 11 is 1.44. The number of hydrogen-bond acceptors (Lipinski definition) is 6. The van der Waals surface area contributed by atoms with Crippen LogP contribution in [0.3, 0.4) is 0 Å². The first kappa shape index (κ1) is 21.6. The summed E-state index contributed by atoms with van der Waals surface area (Å²) in [6, 6.07) is 6.39. The Labute approximate surface area is 204 Å². The quantitative estimate of drug-likeness (QED) is 0.373. The molecule has 10 heteroatoms. The fraction of sp³-hybridized carbons (Fsp3) is 0.280. The van der Waals surface area contributed by atoms with E-state index in [2.05, 4.69) is 39.1 Å². The lowest BCUT2D eigenvalue weighted by Gasteiger charge is -2.25. The highest BCUT2D eigenvalue weighted by Gasteiger charge is 2.29. The number of aromatic amines is 2. The van der Waals surface area contributed by atoms with Crippen LogP contribution in [-0.2, 0) is 0 Å². The molecule has 0 bridgehead atoms. The molecule has 4 aromatic heterocycles. The van der Waals surface area contributed by atoms with E-state index in [1.807, 2.05) is 43.0 Å². The van der Waals surface area contributed by atoms with Gasteiger partial charge in [0.05, 0.1) is 32.3 Å². The summed E-state index contributed by atoms with van der Waals surface area (Å²) in [6.45, 7) is 7.94. The Bertz CT molecular complexity index is 1640. The molecule has 6 rings (SSSR count). The third-order valence-corrected chi connectivity index (χ3v) is 7.51. The number of rotatable bonds is 5. The number of nitrogens with zero attached hydrogens (tertiary/aromatic N) is 4. The van der Waals surface area contributed by atoms with Gasteiger partial charge in [-0.2, -0.15) is 9.61 Å². The Morgan fingerprint density at radius 3 is 2.69 bits per heavy atom. The molecular formula is C25H25N7O2S. The van der Waals surface area contributed by atoms with Crippen LogP contribution in [0.25, 0.3) is 28.9 Å². The highest BCUT2D eigenvalue weighted by Crippen LogP contribution is 2.33. The zero-order chi connectivity index (χ0) is 24.3. The molecule has 3 N–H and O–H groups in total. The van der Waals surface area contributed by atoms with Gasteiger partial charge < -0.3 is 20.2 Å². The second-order valence-electron chi connectivity index (χ2n) is 9.14. The normalized spacial score (nSPS) is 20.3. The van der Waals surface area contributed by atoms with Gasteiger partial charge in [0.25, 0.3) is 5.91 Å². The van der Waals surface area contributed by atoms with Crippen LogP contribution in [-0.4, -0.2) is 53.5 Å². The highest BCUT2D eigenvalue weighted by molar-refractivity contribution is 7.17. The molecule has 2 unspecified atom stereocenters. The molecule has 1 aliphatic carbocycles. The van der Waals surface area contributed by atoms with Gasteiger partial charge in [0.1, 0.15) is 5.82 Å². The van der Waals surface area contributed by atoms with Crippen molar-refractivity contribution in [1.82, 2.24) is 29.5 Å². The molecule has 0 saturated heterocycles. The molecule has 1 amide bonds. The number of anilines is 1. The summed E-state index contributed by atoms with van der Waals surface area (Å²) in [5.74, 6) is 0.873. The van der Waals surface area contributed by atoms with Crippen LogP contribution in [0.2, 0.25) is 0 Å². The molecule has 1 aliphatic heterocycles. The minimum absolute atomic E-state index is 0.0291. The molecule has 0 spiro atoms. The van der Waals surface area contributed by atoms with E-state index < -0.39 is 0 Å². The third kappa shape index (κ3) is 3.89. The molecule has 2 aliphatic rings. The number of amides is 1. The molecule has 0 aromatic carbocycles. The van der Waals surface area contributed by atoms with Gasteiger partial charge in [0, 0.05) is 29.8 Å². The first-order chi connectivity index (χ1) is 16.9. The Hall–Kier alpha value is -3.92. The topological polar surface area (TPSA) is 111 Å². The number of carbonyl (C=O) groups excluding carboxylic acids is 1. The number of hydrogen-bond donors (Lipinski definition) is 3. The van der Waals surface area contributed by atoms with Crippen molar-refractivity contribution in [2.75, 3.05) is 5.32 Å². The van der Waals surface area contributed by atoms with Crippen LogP contribution in [0.4, 0.5) is 5.82 Å². The molecule has 1 fully saturated rings. The van der Waals surface area contributed by atoms with Gasteiger partial charge >= 0.3 is 5.69 Å². The van der Waals surface area contributed by atoms with Crippen LogP contribution < -0.4 is 21.7 Å². The fourth-order valence-corrected chi connectivity index (χ4v) is 5.34. The number of carbonyl (C=O) groups is 1. The molecule has 9 nitrogen and oxygen atoms in total. The smallest absolute Gasteiger partial charge is 0.323 e. The first-order valence-electron chi connectivity index (χ1n) is 11.6. The number of H-pyrrole nitrogens is 2. The summed E-state index contributed by atoms with van der Waals surface area (Å²) in [5.41, 5.74) is 1.86. The van der Waals surface area contributed by atoms with Gasteiger partial charge in [-0.25, -0.2) is 9.78 Å². The van der Waals surface area contributed by atoms with E-state index in [0.717, 1.165) is 34.8 Å². The third-order valence-electron chi connectivity index (χ3n) is 6.42. The van der Waals surface area contributed by atoms with Crippen molar-refractivity contribution < 1.29 is 4.79 Å². The van der Waals surface area contributed by atoms with Crippen LogP contribution in [0.15, 0.2) is 41.3 Å². The average molecular weight is 488 g/mol. The molecule has 0 radical (unpaired) electrons. The number of nitrogens with one attached hydrogen (secondary N) is 3. The molecule has 2 atom stereocenters. The van der Waals surface area contributed by atoms with Gasteiger partial charge in [-0.3, -0.25) is 4.79 Å². The SMILES string of the molecule is C=c1[nH]c(=O)[nH]/c1=C\c1cnn2c(NC3CC3)cc(-c3ccc(C(=O)N4C(C)C=CC4C)s3)nc12. The van der Waals surface area contributed by atoms with Gasteiger partial charge in [0.15, 0.2) is 5.65 Å². The van der Waals surface area contributed by atoms with Crippen molar-refractivity contribution in [2.24, 2.45) is 0 Å². The second kappa shape index (κ2) is 8.09. The number of thiophene rings is 1. The van der Waals surface area contributed by atoms with Gasteiger partial charge in [-0.05, 0) is 44.9 Å².